The van der Waals surface area contributed by atoms with E-state index < -0.39 is 7.12 Å². The minimum absolute atomic E-state index is 0.0502. The van der Waals surface area contributed by atoms with Crippen molar-refractivity contribution in [1.82, 2.24) is 4.90 Å². The Bertz CT molecular complexity index is 562. The molecular formula is C16H22BNO4. The number of aliphatic hydroxyl groups excluding tert-OH is 1. The van der Waals surface area contributed by atoms with Crippen molar-refractivity contribution in [2.24, 2.45) is 0 Å². The van der Waals surface area contributed by atoms with Gasteiger partial charge in [0.2, 0.25) is 0 Å². The quantitative estimate of drug-likeness (QED) is 0.821. The van der Waals surface area contributed by atoms with Gasteiger partial charge >= 0.3 is 7.12 Å². The largest absolute Gasteiger partial charge is 0.494 e. The van der Waals surface area contributed by atoms with Crippen LogP contribution in [0.15, 0.2) is 24.3 Å². The molecule has 0 bridgehead atoms. The van der Waals surface area contributed by atoms with Crippen molar-refractivity contribution in [2.75, 3.05) is 13.1 Å². The van der Waals surface area contributed by atoms with Gasteiger partial charge in [-0.2, -0.15) is 0 Å². The zero-order chi connectivity index (χ0) is 16.1. The maximum Gasteiger partial charge on any atom is 0.494 e. The lowest BCUT2D eigenvalue weighted by Gasteiger charge is -2.35. The molecule has 0 aromatic heterocycles. The fourth-order valence-corrected chi connectivity index (χ4v) is 2.57. The fraction of sp³-hybridized carbons (Fsp3) is 0.562. The zero-order valence-corrected chi connectivity index (χ0v) is 13.5. The van der Waals surface area contributed by atoms with Crippen LogP contribution in [0.1, 0.15) is 38.1 Å². The van der Waals surface area contributed by atoms with Crippen molar-refractivity contribution in [3.05, 3.63) is 29.8 Å². The normalized spacial score (nSPS) is 23.5. The summed E-state index contributed by atoms with van der Waals surface area (Å²) in [6, 6.07) is 7.30. The van der Waals surface area contributed by atoms with E-state index in [2.05, 4.69) is 0 Å². The van der Waals surface area contributed by atoms with E-state index in [1.165, 1.54) is 0 Å². The van der Waals surface area contributed by atoms with Crippen molar-refractivity contribution in [3.8, 4) is 0 Å². The maximum atomic E-state index is 12.2. The van der Waals surface area contributed by atoms with Crippen LogP contribution in [0.2, 0.25) is 0 Å². The van der Waals surface area contributed by atoms with Crippen molar-refractivity contribution < 1.29 is 19.2 Å². The Morgan fingerprint density at radius 3 is 2.09 bits per heavy atom. The van der Waals surface area contributed by atoms with Crippen molar-refractivity contribution in [1.29, 1.82) is 0 Å². The minimum atomic E-state index is -0.417. The molecule has 0 radical (unpaired) electrons. The van der Waals surface area contributed by atoms with Crippen molar-refractivity contribution >= 4 is 18.5 Å². The molecule has 2 aliphatic heterocycles. The van der Waals surface area contributed by atoms with Gasteiger partial charge in [-0.15, -0.1) is 0 Å². The third kappa shape index (κ3) is 2.55. The standard InChI is InChI=1S/C16H22BNO4/c1-15(2)16(3,4)22-17(21-15)12-7-5-11(6-8-12)14(20)18-9-13(19)10-18/h5-8,13,19H,9-10H2,1-4H3. The molecule has 1 aromatic rings. The molecule has 5 nitrogen and oxygen atoms in total. The van der Waals surface area contributed by atoms with Crippen LogP contribution in [0.25, 0.3) is 0 Å². The summed E-state index contributed by atoms with van der Waals surface area (Å²) >= 11 is 0. The predicted octanol–water partition coefficient (Wildman–Crippen LogP) is 0.802. The van der Waals surface area contributed by atoms with Crippen LogP contribution in [0, 0.1) is 0 Å². The molecule has 1 N–H and O–H groups in total. The van der Waals surface area contributed by atoms with Crippen LogP contribution in [-0.2, 0) is 9.31 Å². The van der Waals surface area contributed by atoms with Gasteiger partial charge in [0.1, 0.15) is 0 Å². The first-order valence-electron chi connectivity index (χ1n) is 7.62. The topological polar surface area (TPSA) is 59.0 Å². The Morgan fingerprint density at radius 1 is 1.14 bits per heavy atom. The Hall–Kier alpha value is -1.37. The highest BCUT2D eigenvalue weighted by molar-refractivity contribution is 6.62. The SMILES string of the molecule is CC1(C)OB(c2ccc(C(=O)N3CC(O)C3)cc2)OC1(C)C. The molecule has 22 heavy (non-hydrogen) atoms. The van der Waals surface area contributed by atoms with E-state index in [4.69, 9.17) is 9.31 Å². The molecule has 118 valence electrons. The summed E-state index contributed by atoms with van der Waals surface area (Å²) in [6.07, 6.45) is -0.382. The molecule has 0 atom stereocenters. The molecule has 0 aliphatic carbocycles. The van der Waals surface area contributed by atoms with Crippen LogP contribution < -0.4 is 5.46 Å². The number of nitrogens with zero attached hydrogens (tertiary/aromatic N) is 1. The van der Waals surface area contributed by atoms with Gasteiger partial charge in [-0.25, -0.2) is 0 Å². The number of aliphatic hydroxyl groups is 1. The Balaban J connectivity index is 1.71. The van der Waals surface area contributed by atoms with Gasteiger partial charge in [0, 0.05) is 18.7 Å². The summed E-state index contributed by atoms with van der Waals surface area (Å²) < 4.78 is 12.0. The molecule has 2 fully saturated rings. The van der Waals surface area contributed by atoms with Crippen LogP contribution in [-0.4, -0.2) is 53.4 Å². The average Bonchev–Trinajstić information content (AvgIpc) is 2.63. The zero-order valence-electron chi connectivity index (χ0n) is 13.5. The van der Waals surface area contributed by atoms with Gasteiger partial charge in [0.25, 0.3) is 5.91 Å². The minimum Gasteiger partial charge on any atom is -0.399 e. The van der Waals surface area contributed by atoms with Crippen LogP contribution in [0.4, 0.5) is 0 Å². The summed E-state index contributed by atoms with van der Waals surface area (Å²) in [5.74, 6) is -0.0502. The predicted molar refractivity (Wildman–Crippen MR) is 84.1 cm³/mol. The number of amides is 1. The molecule has 2 aliphatic rings. The maximum absolute atomic E-state index is 12.2. The molecule has 2 saturated heterocycles. The van der Waals surface area contributed by atoms with E-state index in [1.807, 2.05) is 39.8 Å². The third-order valence-corrected chi connectivity index (χ3v) is 4.83. The van der Waals surface area contributed by atoms with E-state index in [0.717, 1.165) is 5.46 Å². The van der Waals surface area contributed by atoms with E-state index in [0.29, 0.717) is 18.7 Å². The number of β-amino-alcohol motifs (C(OH)–C–C–N with tert-alkyl or cyclic N) is 1. The number of rotatable bonds is 2. The summed E-state index contributed by atoms with van der Waals surface area (Å²) in [4.78, 5) is 13.8. The van der Waals surface area contributed by atoms with Gasteiger partial charge in [-0.05, 0) is 45.3 Å². The molecule has 6 heteroatoms. The summed E-state index contributed by atoms with van der Waals surface area (Å²) in [6.45, 7) is 8.88. The number of carbonyl (C=O) groups excluding carboxylic acids is 1. The van der Waals surface area contributed by atoms with Gasteiger partial charge in [-0.1, -0.05) is 12.1 Å². The molecule has 0 spiro atoms. The number of likely N-dealkylation sites (tertiary alicyclic amines) is 1. The Labute approximate surface area is 131 Å². The molecular weight excluding hydrogens is 281 g/mol. The van der Waals surface area contributed by atoms with Crippen LogP contribution in [0.5, 0.6) is 0 Å². The number of hydrogen-bond donors (Lipinski definition) is 1. The van der Waals surface area contributed by atoms with Gasteiger partial charge in [0.15, 0.2) is 0 Å². The van der Waals surface area contributed by atoms with E-state index in [9.17, 15) is 9.90 Å². The number of benzene rings is 1. The lowest BCUT2D eigenvalue weighted by atomic mass is 9.79. The highest BCUT2D eigenvalue weighted by Crippen LogP contribution is 2.36. The van der Waals surface area contributed by atoms with Gasteiger partial charge < -0.3 is 19.3 Å². The van der Waals surface area contributed by atoms with Crippen LogP contribution >= 0.6 is 0 Å². The number of carbonyl (C=O) groups is 1. The van der Waals surface area contributed by atoms with Crippen molar-refractivity contribution in [3.63, 3.8) is 0 Å². The summed E-state index contributed by atoms with van der Waals surface area (Å²) in [5.41, 5.74) is 0.769. The highest BCUT2D eigenvalue weighted by Gasteiger charge is 2.51. The first-order chi connectivity index (χ1) is 10.2. The van der Waals surface area contributed by atoms with E-state index >= 15 is 0 Å². The molecule has 1 amide bonds. The second-order valence-corrected chi connectivity index (χ2v) is 7.07. The van der Waals surface area contributed by atoms with E-state index in [-0.39, 0.29) is 23.2 Å². The van der Waals surface area contributed by atoms with Crippen molar-refractivity contribution in [2.45, 2.75) is 45.0 Å². The van der Waals surface area contributed by atoms with Gasteiger partial charge in [0.05, 0.1) is 17.3 Å². The van der Waals surface area contributed by atoms with E-state index in [1.54, 1.807) is 17.0 Å². The average molecular weight is 303 g/mol. The molecule has 0 saturated carbocycles. The first-order valence-corrected chi connectivity index (χ1v) is 7.62. The third-order valence-electron chi connectivity index (χ3n) is 4.83. The lowest BCUT2D eigenvalue weighted by molar-refractivity contribution is 0.00578. The Morgan fingerprint density at radius 2 is 1.64 bits per heavy atom. The summed E-state index contributed by atoms with van der Waals surface area (Å²) in [7, 11) is -0.417. The van der Waals surface area contributed by atoms with Crippen LogP contribution in [0.3, 0.4) is 0 Å². The highest BCUT2D eigenvalue weighted by atomic mass is 16.7. The molecule has 0 unspecified atom stereocenters. The lowest BCUT2D eigenvalue weighted by Crippen LogP contribution is -2.53. The smallest absolute Gasteiger partial charge is 0.399 e. The fourth-order valence-electron chi connectivity index (χ4n) is 2.57. The number of hydrogen-bond acceptors (Lipinski definition) is 4. The van der Waals surface area contributed by atoms with Gasteiger partial charge in [-0.3, -0.25) is 4.79 Å². The monoisotopic (exact) mass is 303 g/mol. The second kappa shape index (κ2) is 5.08. The first kappa shape index (κ1) is 15.5. The molecule has 2 heterocycles. The molecule has 1 aromatic carbocycles. The summed E-state index contributed by atoms with van der Waals surface area (Å²) in [5, 5.41) is 9.27. The Kier molecular flexibility index (Phi) is 3.59. The second-order valence-electron chi connectivity index (χ2n) is 7.07. The molecule has 3 rings (SSSR count).